The number of carbonyl (C=O) groups is 1. The maximum atomic E-state index is 12.4. The fourth-order valence-corrected chi connectivity index (χ4v) is 2.65. The maximum Gasteiger partial charge on any atom is 0.242 e. The van der Waals surface area contributed by atoms with E-state index in [-0.39, 0.29) is 18.0 Å². The van der Waals surface area contributed by atoms with Gasteiger partial charge in [-0.25, -0.2) is 10.9 Å². The van der Waals surface area contributed by atoms with E-state index < -0.39 is 0 Å². The van der Waals surface area contributed by atoms with E-state index in [0.717, 1.165) is 5.56 Å². The summed E-state index contributed by atoms with van der Waals surface area (Å²) in [5, 5.41) is 11.9. The molecule has 1 saturated heterocycles. The average Bonchev–Trinajstić information content (AvgIpc) is 3.06. The molecule has 2 atom stereocenters. The summed E-state index contributed by atoms with van der Waals surface area (Å²) in [4.78, 5) is 12.4. The molecule has 3 N–H and O–H groups in total. The number of nitrogens with zero attached hydrogens (tertiary/aromatic N) is 1. The van der Waals surface area contributed by atoms with Crippen LogP contribution in [0.1, 0.15) is 29.2 Å². The van der Waals surface area contributed by atoms with Crippen molar-refractivity contribution in [2.24, 2.45) is 0 Å². The summed E-state index contributed by atoms with van der Waals surface area (Å²) < 4.78 is 0. The van der Waals surface area contributed by atoms with E-state index in [9.17, 15) is 4.79 Å². The number of aryl methyl sites for hydroxylation is 1. The molecule has 0 spiro atoms. The zero-order valence-electron chi connectivity index (χ0n) is 12.8. The van der Waals surface area contributed by atoms with E-state index >= 15 is 0 Å². The second kappa shape index (κ2) is 6.61. The number of hydrogen-bond donors (Lipinski definition) is 3. The lowest BCUT2D eigenvalue weighted by atomic mass is 10.0. The second-order valence-electron chi connectivity index (χ2n) is 5.69. The first kappa shape index (κ1) is 15.2. The van der Waals surface area contributed by atoms with Gasteiger partial charge in [0.1, 0.15) is 12.1 Å². The molecule has 0 aromatic heterocycles. The van der Waals surface area contributed by atoms with Crippen LogP contribution in [-0.4, -0.2) is 11.9 Å². The fourth-order valence-electron chi connectivity index (χ4n) is 2.65. The Balaban J connectivity index is 1.66. The van der Waals surface area contributed by atoms with Crippen molar-refractivity contribution >= 4 is 11.6 Å². The topological polar surface area (TPSA) is 77.0 Å². The number of amides is 1. The third kappa shape index (κ3) is 3.39. The Morgan fingerprint density at radius 3 is 2.65 bits per heavy atom. The quantitative estimate of drug-likeness (QED) is 0.814. The number of benzene rings is 2. The highest BCUT2D eigenvalue weighted by molar-refractivity contribution is 5.96. The van der Waals surface area contributed by atoms with Gasteiger partial charge in [0.05, 0.1) is 11.3 Å². The molecule has 0 bridgehead atoms. The minimum absolute atomic E-state index is 0.0950. The summed E-state index contributed by atoms with van der Waals surface area (Å²) in [6, 6.07) is 17.1. The Labute approximate surface area is 135 Å². The lowest BCUT2D eigenvalue weighted by molar-refractivity contribution is -0.117. The van der Waals surface area contributed by atoms with Crippen LogP contribution in [0.15, 0.2) is 48.5 Å². The van der Waals surface area contributed by atoms with Gasteiger partial charge in [0.2, 0.25) is 5.91 Å². The molecule has 0 aliphatic carbocycles. The molecule has 23 heavy (non-hydrogen) atoms. The maximum absolute atomic E-state index is 12.4. The molecule has 3 rings (SSSR count). The minimum Gasteiger partial charge on any atom is -0.323 e. The van der Waals surface area contributed by atoms with Crippen LogP contribution in [0.25, 0.3) is 0 Å². The van der Waals surface area contributed by atoms with E-state index in [1.165, 1.54) is 5.56 Å². The molecule has 5 heteroatoms. The van der Waals surface area contributed by atoms with Crippen molar-refractivity contribution in [3.63, 3.8) is 0 Å². The number of para-hydroxylation sites is 1. The van der Waals surface area contributed by atoms with Crippen molar-refractivity contribution in [3.05, 3.63) is 65.2 Å². The molecule has 1 amide bonds. The van der Waals surface area contributed by atoms with E-state index in [0.29, 0.717) is 17.7 Å². The van der Waals surface area contributed by atoms with Crippen molar-refractivity contribution in [3.8, 4) is 6.07 Å². The summed E-state index contributed by atoms with van der Waals surface area (Å²) in [7, 11) is 0. The lowest BCUT2D eigenvalue weighted by Crippen LogP contribution is -2.39. The zero-order valence-corrected chi connectivity index (χ0v) is 12.8. The van der Waals surface area contributed by atoms with Gasteiger partial charge in [0.15, 0.2) is 0 Å². The zero-order chi connectivity index (χ0) is 16.2. The molecule has 2 aromatic carbocycles. The SMILES string of the molecule is Cc1ccc(C2CC(C(=O)Nc3ccccc3C#N)NN2)cc1. The molecule has 5 nitrogen and oxygen atoms in total. The normalized spacial score (nSPS) is 20.0. The van der Waals surface area contributed by atoms with Crippen molar-refractivity contribution in [2.75, 3.05) is 5.32 Å². The Morgan fingerprint density at radius 1 is 1.17 bits per heavy atom. The summed E-state index contributed by atoms with van der Waals surface area (Å²) in [6.07, 6.45) is 0.656. The van der Waals surface area contributed by atoms with Gasteiger partial charge in [-0.1, -0.05) is 42.0 Å². The van der Waals surface area contributed by atoms with E-state index in [1.807, 2.05) is 6.92 Å². The van der Waals surface area contributed by atoms with Gasteiger partial charge in [-0.3, -0.25) is 4.79 Å². The monoisotopic (exact) mass is 306 g/mol. The van der Waals surface area contributed by atoms with Gasteiger partial charge < -0.3 is 5.32 Å². The minimum atomic E-state index is -0.340. The number of carbonyl (C=O) groups excluding carboxylic acids is 1. The highest BCUT2D eigenvalue weighted by Gasteiger charge is 2.30. The summed E-state index contributed by atoms with van der Waals surface area (Å²) >= 11 is 0. The van der Waals surface area contributed by atoms with Gasteiger partial charge in [-0.05, 0) is 31.0 Å². The third-order valence-electron chi connectivity index (χ3n) is 4.00. The second-order valence-corrected chi connectivity index (χ2v) is 5.69. The van der Waals surface area contributed by atoms with Crippen LogP contribution in [0.4, 0.5) is 5.69 Å². The first-order valence-electron chi connectivity index (χ1n) is 7.55. The number of hydrazine groups is 1. The average molecular weight is 306 g/mol. The summed E-state index contributed by atoms with van der Waals surface area (Å²) in [6.45, 7) is 2.05. The molecule has 1 fully saturated rings. The molecule has 2 unspecified atom stereocenters. The fraction of sp³-hybridized carbons (Fsp3) is 0.222. The number of nitrogens with one attached hydrogen (secondary N) is 3. The van der Waals surface area contributed by atoms with Crippen molar-refractivity contribution < 1.29 is 4.79 Å². The molecule has 116 valence electrons. The Morgan fingerprint density at radius 2 is 1.91 bits per heavy atom. The Bertz CT molecular complexity index is 748. The molecular formula is C18H18N4O. The number of anilines is 1. The molecular weight excluding hydrogens is 288 g/mol. The molecule has 0 radical (unpaired) electrons. The van der Waals surface area contributed by atoms with Gasteiger partial charge in [0, 0.05) is 6.04 Å². The standard InChI is InChI=1S/C18H18N4O/c1-12-6-8-13(9-7-12)16-10-17(22-21-16)18(23)20-15-5-3-2-4-14(15)11-19/h2-9,16-17,21-22H,10H2,1H3,(H,20,23). The van der Waals surface area contributed by atoms with Crippen LogP contribution in [0, 0.1) is 18.3 Å². The van der Waals surface area contributed by atoms with Gasteiger partial charge in [-0.15, -0.1) is 0 Å². The van der Waals surface area contributed by atoms with Crippen LogP contribution in [0.5, 0.6) is 0 Å². The van der Waals surface area contributed by atoms with E-state index in [2.05, 4.69) is 46.5 Å². The van der Waals surface area contributed by atoms with Crippen LogP contribution in [0.2, 0.25) is 0 Å². The smallest absolute Gasteiger partial charge is 0.242 e. The van der Waals surface area contributed by atoms with E-state index in [1.54, 1.807) is 24.3 Å². The Kier molecular flexibility index (Phi) is 4.38. The molecule has 1 aliphatic heterocycles. The molecule has 2 aromatic rings. The first-order valence-corrected chi connectivity index (χ1v) is 7.55. The first-order chi connectivity index (χ1) is 11.2. The van der Waals surface area contributed by atoms with Gasteiger partial charge in [0.25, 0.3) is 0 Å². The predicted molar refractivity (Wildman–Crippen MR) is 88.4 cm³/mol. The summed E-state index contributed by atoms with van der Waals surface area (Å²) in [5.41, 5.74) is 9.56. The molecule has 0 saturated carbocycles. The van der Waals surface area contributed by atoms with Crippen LogP contribution < -0.4 is 16.2 Å². The summed E-state index contributed by atoms with van der Waals surface area (Å²) in [5.74, 6) is -0.144. The van der Waals surface area contributed by atoms with E-state index in [4.69, 9.17) is 5.26 Å². The Hall–Kier alpha value is -2.68. The highest BCUT2D eigenvalue weighted by Crippen LogP contribution is 2.23. The van der Waals surface area contributed by atoms with Crippen LogP contribution >= 0.6 is 0 Å². The predicted octanol–water partition coefficient (Wildman–Crippen LogP) is 2.41. The third-order valence-corrected chi connectivity index (χ3v) is 4.00. The van der Waals surface area contributed by atoms with Crippen molar-refractivity contribution in [2.45, 2.75) is 25.4 Å². The molecule has 1 aliphatic rings. The van der Waals surface area contributed by atoms with Crippen molar-refractivity contribution in [1.29, 1.82) is 5.26 Å². The number of hydrogen-bond acceptors (Lipinski definition) is 4. The lowest BCUT2D eigenvalue weighted by Gasteiger charge is -2.11. The van der Waals surface area contributed by atoms with Crippen LogP contribution in [-0.2, 0) is 4.79 Å². The largest absolute Gasteiger partial charge is 0.323 e. The van der Waals surface area contributed by atoms with Gasteiger partial charge in [-0.2, -0.15) is 5.26 Å². The molecule has 1 heterocycles. The van der Waals surface area contributed by atoms with Crippen molar-refractivity contribution in [1.82, 2.24) is 10.9 Å². The van der Waals surface area contributed by atoms with Gasteiger partial charge >= 0.3 is 0 Å². The number of rotatable bonds is 3. The number of nitriles is 1. The highest BCUT2D eigenvalue weighted by atomic mass is 16.2. The van der Waals surface area contributed by atoms with Crippen LogP contribution in [0.3, 0.4) is 0 Å².